The second-order valence-electron chi connectivity index (χ2n) is 16.4. The van der Waals surface area contributed by atoms with Gasteiger partial charge in [0.1, 0.15) is 0 Å². The Kier molecular flexibility index (Phi) is 8.76. The molecule has 12 rings (SSSR count). The Morgan fingerprint density at radius 1 is 0.333 bits per heavy atom. The average molecular weight is 803 g/mol. The minimum absolute atomic E-state index is 0.544. The third-order valence-electron chi connectivity index (χ3n) is 13.0. The molecule has 11 aromatic rings. The highest BCUT2D eigenvalue weighted by Crippen LogP contribution is 2.57. The van der Waals surface area contributed by atoms with Crippen LogP contribution < -0.4 is 4.90 Å². The molecule has 0 N–H and O–H groups in total. The van der Waals surface area contributed by atoms with Crippen molar-refractivity contribution in [1.29, 1.82) is 0 Å². The summed E-state index contributed by atoms with van der Waals surface area (Å²) in [5, 5.41) is 2.40. The molecule has 63 heavy (non-hydrogen) atoms. The van der Waals surface area contributed by atoms with Gasteiger partial charge >= 0.3 is 0 Å². The average Bonchev–Trinajstić information content (AvgIpc) is 3.86. The zero-order valence-electron chi connectivity index (χ0n) is 34.6. The third-order valence-corrected chi connectivity index (χ3v) is 13.0. The van der Waals surface area contributed by atoms with Gasteiger partial charge < -0.3 is 9.47 Å². The zero-order valence-corrected chi connectivity index (χ0v) is 34.6. The maximum Gasteiger partial charge on any atom is 0.0714 e. The van der Waals surface area contributed by atoms with Crippen molar-refractivity contribution in [2.45, 2.75) is 5.41 Å². The van der Waals surface area contributed by atoms with Gasteiger partial charge in [0.2, 0.25) is 0 Å². The van der Waals surface area contributed by atoms with Gasteiger partial charge in [0.05, 0.1) is 22.1 Å². The van der Waals surface area contributed by atoms with Crippen molar-refractivity contribution in [2.75, 3.05) is 4.90 Å². The van der Waals surface area contributed by atoms with Gasteiger partial charge in [-0.2, -0.15) is 0 Å². The molecule has 1 aliphatic rings. The van der Waals surface area contributed by atoms with Crippen molar-refractivity contribution >= 4 is 38.9 Å². The van der Waals surface area contributed by atoms with E-state index in [-0.39, 0.29) is 0 Å². The number of rotatable bonds is 8. The van der Waals surface area contributed by atoms with E-state index in [1.807, 2.05) is 0 Å². The van der Waals surface area contributed by atoms with E-state index in [0.29, 0.717) is 0 Å². The molecule has 0 saturated heterocycles. The minimum atomic E-state index is -0.544. The summed E-state index contributed by atoms with van der Waals surface area (Å²) in [7, 11) is 0. The van der Waals surface area contributed by atoms with E-state index in [9.17, 15) is 0 Å². The highest BCUT2D eigenvalue weighted by Gasteiger charge is 2.46. The number of aromatic nitrogens is 1. The third kappa shape index (κ3) is 5.87. The Morgan fingerprint density at radius 2 is 0.841 bits per heavy atom. The first-order valence-electron chi connectivity index (χ1n) is 21.8. The molecule has 1 aliphatic carbocycles. The summed E-state index contributed by atoms with van der Waals surface area (Å²) >= 11 is 0. The summed E-state index contributed by atoms with van der Waals surface area (Å²) in [5.74, 6) is 0. The summed E-state index contributed by atoms with van der Waals surface area (Å²) in [6, 6.07) is 93.4. The van der Waals surface area contributed by atoms with Crippen molar-refractivity contribution in [2.24, 2.45) is 0 Å². The number of benzene rings is 10. The largest absolute Gasteiger partial charge is 0.310 e. The van der Waals surface area contributed by atoms with Crippen LogP contribution in [0.25, 0.3) is 60.9 Å². The standard InChI is InChI=1S/C61H42N2/c1-6-20-43(21-7-1)45-34-36-50(37-35-45)62(51-38-39-53-52-30-16-18-32-55(52)61(56(53)42-51,47-24-10-3-11-25-47)48-26-12-4-13-27-48)58-40-46(44-22-8-2-9-23-44)41-59-60(58)54-31-17-19-33-57(54)63(59)49-28-14-5-15-29-49/h1-42H. The molecule has 0 amide bonds. The van der Waals surface area contributed by atoms with Gasteiger partial charge in [-0.3, -0.25) is 0 Å². The molecule has 2 nitrogen and oxygen atoms in total. The monoisotopic (exact) mass is 802 g/mol. The molecule has 10 aromatic carbocycles. The van der Waals surface area contributed by atoms with Crippen molar-refractivity contribution in [3.05, 3.63) is 277 Å². The minimum Gasteiger partial charge on any atom is -0.310 e. The fraction of sp³-hybridized carbons (Fsp3) is 0.0164. The normalized spacial score (nSPS) is 12.6. The summed E-state index contributed by atoms with van der Waals surface area (Å²) < 4.78 is 2.44. The molecular formula is C61H42N2. The predicted octanol–water partition coefficient (Wildman–Crippen LogP) is 16.0. The molecular weight excluding hydrogens is 761 g/mol. The van der Waals surface area contributed by atoms with Gasteiger partial charge in [0, 0.05) is 27.8 Å². The lowest BCUT2D eigenvalue weighted by Gasteiger charge is -2.35. The first kappa shape index (κ1) is 36.6. The van der Waals surface area contributed by atoms with Gasteiger partial charge in [0.15, 0.2) is 0 Å². The highest BCUT2D eigenvalue weighted by molar-refractivity contribution is 6.18. The highest BCUT2D eigenvalue weighted by atomic mass is 15.1. The quantitative estimate of drug-likeness (QED) is 0.149. The van der Waals surface area contributed by atoms with Gasteiger partial charge in [0.25, 0.3) is 0 Å². The van der Waals surface area contributed by atoms with Crippen LogP contribution in [0.1, 0.15) is 22.3 Å². The van der Waals surface area contributed by atoms with Crippen LogP contribution in [0.15, 0.2) is 255 Å². The number of anilines is 3. The molecule has 0 bridgehead atoms. The van der Waals surface area contributed by atoms with E-state index < -0.39 is 5.41 Å². The first-order chi connectivity index (χ1) is 31.3. The van der Waals surface area contributed by atoms with E-state index in [4.69, 9.17) is 0 Å². The van der Waals surface area contributed by atoms with Crippen molar-refractivity contribution < 1.29 is 0 Å². The Bertz CT molecular complexity index is 3370. The number of para-hydroxylation sites is 2. The Morgan fingerprint density at radius 3 is 1.51 bits per heavy atom. The van der Waals surface area contributed by atoms with Crippen molar-refractivity contribution in [3.8, 4) is 39.1 Å². The van der Waals surface area contributed by atoms with Gasteiger partial charge in [-0.05, 0) is 110 Å². The van der Waals surface area contributed by atoms with Crippen LogP contribution >= 0.6 is 0 Å². The summed E-state index contributed by atoms with van der Waals surface area (Å²) in [5.41, 5.74) is 18.5. The topological polar surface area (TPSA) is 8.17 Å². The maximum absolute atomic E-state index is 2.51. The fourth-order valence-electron chi connectivity index (χ4n) is 10.3. The molecule has 0 radical (unpaired) electrons. The smallest absolute Gasteiger partial charge is 0.0714 e. The number of nitrogens with zero attached hydrogens (tertiary/aromatic N) is 2. The predicted molar refractivity (Wildman–Crippen MR) is 264 cm³/mol. The number of fused-ring (bicyclic) bond motifs is 6. The molecule has 0 fully saturated rings. The molecule has 2 heteroatoms. The molecule has 0 saturated carbocycles. The molecule has 1 aromatic heterocycles. The van der Waals surface area contributed by atoms with Crippen LogP contribution in [0.4, 0.5) is 17.1 Å². The first-order valence-corrected chi connectivity index (χ1v) is 21.8. The summed E-state index contributed by atoms with van der Waals surface area (Å²) in [4.78, 5) is 2.51. The lowest BCUT2D eigenvalue weighted by Crippen LogP contribution is -2.28. The molecule has 296 valence electrons. The molecule has 0 atom stereocenters. The number of hydrogen-bond acceptors (Lipinski definition) is 1. The molecule has 0 spiro atoms. The van der Waals surface area contributed by atoms with Crippen LogP contribution in [-0.2, 0) is 5.41 Å². The van der Waals surface area contributed by atoms with Crippen molar-refractivity contribution in [3.63, 3.8) is 0 Å². The Labute approximate surface area is 368 Å². The van der Waals surface area contributed by atoms with E-state index in [1.165, 1.54) is 66.4 Å². The SMILES string of the molecule is c1ccc(-c2ccc(N(c3ccc4c(c3)C(c3ccccc3)(c3ccccc3)c3ccccc3-4)c3cc(-c4ccccc4)cc4c3c3ccccc3n4-c3ccccc3)cc2)cc1. The molecule has 0 unspecified atom stereocenters. The second-order valence-corrected chi connectivity index (χ2v) is 16.4. The Hall–Kier alpha value is -8.20. The zero-order chi connectivity index (χ0) is 41.7. The van der Waals surface area contributed by atoms with Crippen LogP contribution in [-0.4, -0.2) is 4.57 Å². The lowest BCUT2D eigenvalue weighted by molar-refractivity contribution is 0.768. The van der Waals surface area contributed by atoms with Gasteiger partial charge in [-0.1, -0.05) is 200 Å². The molecule has 0 aliphatic heterocycles. The van der Waals surface area contributed by atoms with E-state index in [1.54, 1.807) is 0 Å². The van der Waals surface area contributed by atoms with Crippen LogP contribution in [0.3, 0.4) is 0 Å². The van der Waals surface area contributed by atoms with Crippen LogP contribution in [0, 0.1) is 0 Å². The van der Waals surface area contributed by atoms with Crippen molar-refractivity contribution in [1.82, 2.24) is 4.57 Å². The summed E-state index contributed by atoms with van der Waals surface area (Å²) in [6.07, 6.45) is 0. The van der Waals surface area contributed by atoms with Crippen LogP contribution in [0.5, 0.6) is 0 Å². The fourth-order valence-corrected chi connectivity index (χ4v) is 10.3. The van der Waals surface area contributed by atoms with E-state index >= 15 is 0 Å². The number of hydrogen-bond donors (Lipinski definition) is 0. The maximum atomic E-state index is 2.51. The van der Waals surface area contributed by atoms with Gasteiger partial charge in [-0.15, -0.1) is 0 Å². The van der Waals surface area contributed by atoms with Gasteiger partial charge in [-0.25, -0.2) is 0 Å². The molecule has 1 heterocycles. The van der Waals surface area contributed by atoms with E-state index in [0.717, 1.165) is 33.8 Å². The second kappa shape index (κ2) is 15.1. The summed E-state index contributed by atoms with van der Waals surface area (Å²) in [6.45, 7) is 0. The Balaban J connectivity index is 1.19. The van der Waals surface area contributed by atoms with Crippen LogP contribution in [0.2, 0.25) is 0 Å². The lowest BCUT2D eigenvalue weighted by atomic mass is 9.67. The van der Waals surface area contributed by atoms with E-state index in [2.05, 4.69) is 264 Å².